The maximum absolute atomic E-state index is 12.3. The molecule has 4 heterocycles. The van der Waals surface area contributed by atoms with Crippen LogP contribution in [0, 0.1) is 12.3 Å². The fraction of sp³-hybridized carbons (Fsp3) is 0.619. The number of anilines is 2. The number of hydrogen-bond acceptors (Lipinski definition) is 5. The Kier molecular flexibility index (Phi) is 4.25. The van der Waals surface area contributed by atoms with Crippen LogP contribution in [0.15, 0.2) is 12.1 Å². The van der Waals surface area contributed by atoms with Gasteiger partial charge in [0.05, 0.1) is 16.9 Å². The fourth-order valence-corrected chi connectivity index (χ4v) is 4.43. The average Bonchev–Trinajstić information content (AvgIpc) is 3.15. The molecule has 0 unspecified atom stereocenters. The van der Waals surface area contributed by atoms with Gasteiger partial charge < -0.3 is 20.3 Å². The molecule has 2 N–H and O–H groups in total. The molecule has 1 spiro atoms. The van der Waals surface area contributed by atoms with Crippen LogP contribution >= 0.6 is 0 Å². The lowest BCUT2D eigenvalue weighted by atomic mass is 9.79. The molecule has 4 rings (SSSR count). The van der Waals surface area contributed by atoms with Crippen LogP contribution in [0.1, 0.15) is 45.5 Å². The summed E-state index contributed by atoms with van der Waals surface area (Å²) in [5.41, 5.74) is 11.0. The second kappa shape index (κ2) is 6.29. The summed E-state index contributed by atoms with van der Waals surface area (Å²) >= 11 is 0. The molecule has 2 aliphatic rings. The number of nitrogens with zero attached hydrogens (tertiary/aromatic N) is 4. The highest BCUT2D eigenvalue weighted by Gasteiger charge is 2.50. The summed E-state index contributed by atoms with van der Waals surface area (Å²) in [5, 5.41) is 4.63. The molecule has 0 bridgehead atoms. The van der Waals surface area contributed by atoms with Crippen LogP contribution in [0.3, 0.4) is 0 Å². The zero-order valence-corrected chi connectivity index (χ0v) is 17.6. The Labute approximate surface area is 166 Å². The lowest BCUT2D eigenvalue weighted by Gasteiger charge is -2.47. The standard InChI is InChI=1S/C21H31N5O2/c1-6-16-18(22)17-10-15(9-14(2)26(17)23-16)24-8-7-21(11-24)12-25(13-21)19(27)28-20(3,4)5/h9-10H,6-8,11-13,22H2,1-5H3. The van der Waals surface area contributed by atoms with E-state index in [9.17, 15) is 4.79 Å². The zero-order chi connectivity index (χ0) is 20.3. The monoisotopic (exact) mass is 385 g/mol. The van der Waals surface area contributed by atoms with Crippen LogP contribution < -0.4 is 10.6 Å². The first kappa shape index (κ1) is 18.9. The van der Waals surface area contributed by atoms with Gasteiger partial charge in [0.15, 0.2) is 0 Å². The minimum atomic E-state index is -0.447. The molecule has 1 amide bonds. The molecule has 0 aliphatic carbocycles. The fourth-order valence-electron chi connectivity index (χ4n) is 4.43. The highest BCUT2D eigenvalue weighted by atomic mass is 16.6. The van der Waals surface area contributed by atoms with E-state index in [2.05, 4.69) is 36.0 Å². The molecule has 152 valence electrons. The molecule has 2 aromatic heterocycles. The molecule has 0 aromatic carbocycles. The predicted molar refractivity (Wildman–Crippen MR) is 111 cm³/mol. The summed E-state index contributed by atoms with van der Waals surface area (Å²) in [7, 11) is 0. The lowest BCUT2D eigenvalue weighted by molar-refractivity contribution is -0.0266. The van der Waals surface area contributed by atoms with Crippen molar-refractivity contribution < 1.29 is 9.53 Å². The summed E-state index contributed by atoms with van der Waals surface area (Å²) in [4.78, 5) is 16.5. The molecular formula is C21H31N5O2. The van der Waals surface area contributed by atoms with E-state index < -0.39 is 5.60 Å². The van der Waals surface area contributed by atoms with E-state index in [1.807, 2.05) is 30.2 Å². The number of amides is 1. The first-order valence-corrected chi connectivity index (χ1v) is 10.1. The summed E-state index contributed by atoms with van der Waals surface area (Å²) < 4.78 is 7.44. The number of pyridine rings is 1. The number of carbonyl (C=O) groups is 1. The SMILES string of the molecule is CCc1nn2c(C)cc(N3CCC4(CN(C(=O)OC(C)(C)C)C4)C3)cc2c1N. The molecule has 2 saturated heterocycles. The summed E-state index contributed by atoms with van der Waals surface area (Å²) in [6.45, 7) is 13.4. The normalized spacial score (nSPS) is 18.8. The summed E-state index contributed by atoms with van der Waals surface area (Å²) in [5.74, 6) is 0. The average molecular weight is 386 g/mol. The molecule has 0 saturated carbocycles. The second-order valence-electron chi connectivity index (χ2n) is 9.37. The number of hydrogen-bond donors (Lipinski definition) is 1. The van der Waals surface area contributed by atoms with Gasteiger partial charge in [-0.2, -0.15) is 5.10 Å². The number of likely N-dealkylation sites (tertiary alicyclic amines) is 1. The van der Waals surface area contributed by atoms with Crippen LogP contribution in [0.2, 0.25) is 0 Å². The van der Waals surface area contributed by atoms with Gasteiger partial charge in [-0.05, 0) is 52.7 Å². The number of nitrogen functional groups attached to an aromatic ring is 1. The van der Waals surface area contributed by atoms with Crippen LogP contribution in [-0.2, 0) is 11.2 Å². The van der Waals surface area contributed by atoms with E-state index in [0.717, 1.165) is 61.6 Å². The van der Waals surface area contributed by atoms with Crippen molar-refractivity contribution in [2.24, 2.45) is 5.41 Å². The van der Waals surface area contributed by atoms with Crippen molar-refractivity contribution in [1.29, 1.82) is 0 Å². The Morgan fingerprint density at radius 2 is 2.00 bits per heavy atom. The molecule has 7 nitrogen and oxygen atoms in total. The quantitative estimate of drug-likeness (QED) is 0.859. The number of aromatic nitrogens is 2. The van der Waals surface area contributed by atoms with Crippen molar-refractivity contribution in [2.75, 3.05) is 36.8 Å². The Morgan fingerprint density at radius 3 is 2.64 bits per heavy atom. The topological polar surface area (TPSA) is 76.1 Å². The largest absolute Gasteiger partial charge is 0.444 e. The van der Waals surface area contributed by atoms with Gasteiger partial charge in [0.1, 0.15) is 5.60 Å². The van der Waals surface area contributed by atoms with Crippen molar-refractivity contribution in [3.63, 3.8) is 0 Å². The van der Waals surface area contributed by atoms with Gasteiger partial charge in [0, 0.05) is 43.0 Å². The molecule has 2 aliphatic heterocycles. The highest BCUT2D eigenvalue weighted by Crippen LogP contribution is 2.42. The van der Waals surface area contributed by atoms with E-state index in [4.69, 9.17) is 10.5 Å². The third-order valence-corrected chi connectivity index (χ3v) is 5.85. The van der Waals surface area contributed by atoms with Gasteiger partial charge in [-0.1, -0.05) is 6.92 Å². The number of aryl methyl sites for hydroxylation is 2. The Hall–Kier alpha value is -2.44. The third-order valence-electron chi connectivity index (χ3n) is 5.85. The number of nitrogens with two attached hydrogens (primary N) is 1. The maximum atomic E-state index is 12.3. The third kappa shape index (κ3) is 3.16. The lowest BCUT2D eigenvalue weighted by Crippen LogP contribution is -2.60. The Bertz CT molecular complexity index is 921. The first-order valence-electron chi connectivity index (χ1n) is 10.1. The number of ether oxygens (including phenoxy) is 1. The molecule has 0 radical (unpaired) electrons. The van der Waals surface area contributed by atoms with E-state index >= 15 is 0 Å². The van der Waals surface area contributed by atoms with Gasteiger partial charge in [-0.3, -0.25) is 0 Å². The van der Waals surface area contributed by atoms with Gasteiger partial charge in [-0.15, -0.1) is 0 Å². The van der Waals surface area contributed by atoms with E-state index in [-0.39, 0.29) is 11.5 Å². The van der Waals surface area contributed by atoms with Crippen molar-refractivity contribution >= 4 is 23.0 Å². The van der Waals surface area contributed by atoms with Crippen molar-refractivity contribution in [2.45, 2.75) is 53.1 Å². The number of fused-ring (bicyclic) bond motifs is 1. The van der Waals surface area contributed by atoms with Crippen molar-refractivity contribution in [3.8, 4) is 0 Å². The van der Waals surface area contributed by atoms with Crippen molar-refractivity contribution in [3.05, 3.63) is 23.5 Å². The number of rotatable bonds is 2. The maximum Gasteiger partial charge on any atom is 0.410 e. The van der Waals surface area contributed by atoms with Gasteiger partial charge in [-0.25, -0.2) is 9.31 Å². The van der Waals surface area contributed by atoms with Gasteiger partial charge in [0.25, 0.3) is 0 Å². The predicted octanol–water partition coefficient (Wildman–Crippen LogP) is 3.23. The van der Waals surface area contributed by atoms with Crippen LogP contribution in [0.25, 0.3) is 5.52 Å². The highest BCUT2D eigenvalue weighted by molar-refractivity contribution is 5.76. The first-order chi connectivity index (χ1) is 13.1. The zero-order valence-electron chi connectivity index (χ0n) is 17.6. The van der Waals surface area contributed by atoms with Crippen LogP contribution in [-0.4, -0.2) is 52.4 Å². The van der Waals surface area contributed by atoms with Gasteiger partial charge in [0.2, 0.25) is 0 Å². The molecular weight excluding hydrogens is 354 g/mol. The van der Waals surface area contributed by atoms with E-state index in [0.29, 0.717) is 0 Å². The van der Waals surface area contributed by atoms with E-state index in [1.54, 1.807) is 0 Å². The molecule has 28 heavy (non-hydrogen) atoms. The molecule has 2 fully saturated rings. The van der Waals surface area contributed by atoms with Crippen molar-refractivity contribution in [1.82, 2.24) is 14.5 Å². The second-order valence-corrected chi connectivity index (χ2v) is 9.37. The van der Waals surface area contributed by atoms with Crippen LogP contribution in [0.4, 0.5) is 16.2 Å². The van der Waals surface area contributed by atoms with Gasteiger partial charge >= 0.3 is 6.09 Å². The molecule has 0 atom stereocenters. The smallest absolute Gasteiger partial charge is 0.410 e. The Morgan fingerprint density at radius 1 is 1.29 bits per heavy atom. The molecule has 7 heteroatoms. The Balaban J connectivity index is 1.48. The minimum Gasteiger partial charge on any atom is -0.444 e. The van der Waals surface area contributed by atoms with Crippen LogP contribution in [0.5, 0.6) is 0 Å². The number of carbonyl (C=O) groups excluding carboxylic acids is 1. The summed E-state index contributed by atoms with van der Waals surface area (Å²) in [6, 6.07) is 4.33. The summed E-state index contributed by atoms with van der Waals surface area (Å²) in [6.07, 6.45) is 1.72. The molecule has 2 aromatic rings. The van der Waals surface area contributed by atoms with E-state index in [1.165, 1.54) is 5.69 Å². The minimum absolute atomic E-state index is 0.178.